The van der Waals surface area contributed by atoms with Crippen LogP contribution >= 0.6 is 11.8 Å². The van der Waals surface area contributed by atoms with Crippen molar-refractivity contribution in [2.45, 2.75) is 24.8 Å². The van der Waals surface area contributed by atoms with Crippen LogP contribution in [-0.2, 0) is 4.79 Å². The summed E-state index contributed by atoms with van der Waals surface area (Å²) in [7, 11) is 3.06. The summed E-state index contributed by atoms with van der Waals surface area (Å²) < 4.78 is 10.7. The largest absolute Gasteiger partial charge is 0.493 e. The molecule has 0 bridgehead atoms. The normalized spacial score (nSPS) is 21.9. The van der Waals surface area contributed by atoms with Gasteiger partial charge in [-0.25, -0.2) is 0 Å². The Kier molecular flexibility index (Phi) is 4.39. The van der Waals surface area contributed by atoms with Crippen molar-refractivity contribution in [3.05, 3.63) is 23.3 Å². The second-order valence-electron chi connectivity index (χ2n) is 5.47. The number of carbonyl (C=O) groups is 2. The summed E-state index contributed by atoms with van der Waals surface area (Å²) in [5.74, 6) is 1.33. The minimum absolute atomic E-state index is 0.0889. The number of thioether (sulfide) groups is 1. The molecule has 2 atom stereocenters. The zero-order chi connectivity index (χ0) is 16.6. The van der Waals surface area contributed by atoms with E-state index < -0.39 is 6.04 Å². The van der Waals surface area contributed by atoms with Crippen molar-refractivity contribution < 1.29 is 19.1 Å². The fourth-order valence-corrected chi connectivity index (χ4v) is 4.52. The van der Waals surface area contributed by atoms with E-state index in [4.69, 9.17) is 9.47 Å². The Balaban J connectivity index is 1.95. The maximum Gasteiger partial charge on any atom is 0.260 e. The first kappa shape index (κ1) is 16.0. The van der Waals surface area contributed by atoms with Gasteiger partial charge in [-0.15, -0.1) is 11.8 Å². The number of amides is 2. The molecule has 23 heavy (non-hydrogen) atoms. The standard InChI is InChI=1S/C16H20N2O4S/c1-4-7-17-14(19)10-8-23-16-9-5-6-11(21-2)13(22-3)12(9)15(20)18(10)16/h5-6,10,16H,4,7-8H2,1-3H3,(H,17,19)/t10-,16?/m0/s1. The highest BCUT2D eigenvalue weighted by Crippen LogP contribution is 2.52. The van der Waals surface area contributed by atoms with E-state index in [1.54, 1.807) is 29.8 Å². The van der Waals surface area contributed by atoms with Gasteiger partial charge in [-0.05, 0) is 12.5 Å². The molecule has 0 saturated carbocycles. The van der Waals surface area contributed by atoms with Gasteiger partial charge in [0.15, 0.2) is 11.5 Å². The summed E-state index contributed by atoms with van der Waals surface area (Å²) in [5.41, 5.74) is 1.40. The summed E-state index contributed by atoms with van der Waals surface area (Å²) in [6.45, 7) is 2.62. The van der Waals surface area contributed by atoms with Gasteiger partial charge in [0.05, 0.1) is 19.8 Å². The minimum Gasteiger partial charge on any atom is -0.493 e. The third kappa shape index (κ3) is 2.43. The minimum atomic E-state index is -0.438. The third-order valence-corrected chi connectivity index (χ3v) is 5.45. The number of nitrogens with one attached hydrogen (secondary N) is 1. The molecule has 1 aromatic carbocycles. The topological polar surface area (TPSA) is 67.9 Å². The zero-order valence-electron chi connectivity index (χ0n) is 13.4. The second kappa shape index (κ2) is 6.31. The first-order chi connectivity index (χ1) is 11.1. The second-order valence-corrected chi connectivity index (χ2v) is 6.58. The number of fused-ring (bicyclic) bond motifs is 3. The SMILES string of the molecule is CCCNC(=O)[C@@H]1CSC2c3ccc(OC)c(OC)c3C(=O)N21. The van der Waals surface area contributed by atoms with Gasteiger partial charge in [0.2, 0.25) is 5.91 Å². The Labute approximate surface area is 139 Å². The van der Waals surface area contributed by atoms with Gasteiger partial charge in [0, 0.05) is 17.9 Å². The van der Waals surface area contributed by atoms with Crippen LogP contribution in [0, 0.1) is 0 Å². The van der Waals surface area contributed by atoms with E-state index in [2.05, 4.69) is 5.32 Å². The van der Waals surface area contributed by atoms with Gasteiger partial charge in [-0.1, -0.05) is 13.0 Å². The highest BCUT2D eigenvalue weighted by molar-refractivity contribution is 7.99. The smallest absolute Gasteiger partial charge is 0.260 e. The van der Waals surface area contributed by atoms with Crippen LogP contribution in [0.1, 0.15) is 34.6 Å². The Bertz CT molecular complexity index is 649. The molecule has 1 aromatic rings. The lowest BCUT2D eigenvalue weighted by atomic mass is 10.1. The van der Waals surface area contributed by atoms with E-state index in [1.165, 1.54) is 7.11 Å². The summed E-state index contributed by atoms with van der Waals surface area (Å²) in [4.78, 5) is 26.9. The van der Waals surface area contributed by atoms with E-state index in [0.29, 0.717) is 29.4 Å². The predicted octanol–water partition coefficient (Wildman–Crippen LogP) is 1.80. The van der Waals surface area contributed by atoms with Crippen molar-refractivity contribution in [1.29, 1.82) is 0 Å². The third-order valence-electron chi connectivity index (χ3n) is 4.14. The van der Waals surface area contributed by atoms with Crippen LogP contribution in [0.2, 0.25) is 0 Å². The highest BCUT2D eigenvalue weighted by Gasteiger charge is 2.50. The number of hydrogen-bond donors (Lipinski definition) is 1. The molecule has 1 N–H and O–H groups in total. The van der Waals surface area contributed by atoms with Gasteiger partial charge < -0.3 is 19.7 Å². The molecule has 1 saturated heterocycles. The molecule has 2 amide bonds. The molecule has 0 radical (unpaired) electrons. The van der Waals surface area contributed by atoms with E-state index >= 15 is 0 Å². The molecular weight excluding hydrogens is 316 g/mol. The summed E-state index contributed by atoms with van der Waals surface area (Å²) in [6, 6.07) is 3.25. The van der Waals surface area contributed by atoms with Crippen LogP contribution in [0.4, 0.5) is 0 Å². The van der Waals surface area contributed by atoms with Crippen molar-refractivity contribution in [3.63, 3.8) is 0 Å². The van der Waals surface area contributed by atoms with E-state index in [-0.39, 0.29) is 17.2 Å². The average Bonchev–Trinajstić information content (AvgIpc) is 3.12. The molecule has 2 heterocycles. The molecule has 0 spiro atoms. The van der Waals surface area contributed by atoms with Crippen molar-refractivity contribution >= 4 is 23.6 Å². The first-order valence-electron chi connectivity index (χ1n) is 7.60. The molecule has 7 heteroatoms. The number of carbonyl (C=O) groups excluding carboxylic acids is 2. The van der Waals surface area contributed by atoms with Gasteiger partial charge in [0.1, 0.15) is 11.4 Å². The highest BCUT2D eigenvalue weighted by atomic mass is 32.2. The zero-order valence-corrected chi connectivity index (χ0v) is 14.2. The van der Waals surface area contributed by atoms with Crippen molar-refractivity contribution in [3.8, 4) is 11.5 Å². The van der Waals surface area contributed by atoms with Gasteiger partial charge in [-0.2, -0.15) is 0 Å². The lowest BCUT2D eigenvalue weighted by Crippen LogP contribution is -2.46. The maximum absolute atomic E-state index is 12.9. The number of rotatable bonds is 5. The van der Waals surface area contributed by atoms with E-state index in [9.17, 15) is 9.59 Å². The van der Waals surface area contributed by atoms with Crippen LogP contribution in [0.5, 0.6) is 11.5 Å². The van der Waals surface area contributed by atoms with Crippen LogP contribution in [0.25, 0.3) is 0 Å². The summed E-state index contributed by atoms with van der Waals surface area (Å²) in [5, 5.41) is 2.75. The summed E-state index contributed by atoms with van der Waals surface area (Å²) >= 11 is 1.61. The van der Waals surface area contributed by atoms with Crippen LogP contribution in [0.3, 0.4) is 0 Å². The number of benzene rings is 1. The molecule has 6 nitrogen and oxygen atoms in total. The predicted molar refractivity (Wildman–Crippen MR) is 88.0 cm³/mol. The van der Waals surface area contributed by atoms with Crippen molar-refractivity contribution in [1.82, 2.24) is 10.2 Å². The Morgan fingerprint density at radius 3 is 2.83 bits per heavy atom. The molecule has 1 unspecified atom stereocenters. The van der Waals surface area contributed by atoms with Crippen molar-refractivity contribution in [2.24, 2.45) is 0 Å². The molecule has 0 aliphatic carbocycles. The average molecular weight is 336 g/mol. The monoisotopic (exact) mass is 336 g/mol. The summed E-state index contributed by atoms with van der Waals surface area (Å²) in [6.07, 6.45) is 0.869. The Morgan fingerprint density at radius 2 is 2.17 bits per heavy atom. The van der Waals surface area contributed by atoms with Gasteiger partial charge in [0.25, 0.3) is 5.91 Å². The number of nitrogens with zero attached hydrogens (tertiary/aromatic N) is 1. The van der Waals surface area contributed by atoms with Crippen LogP contribution < -0.4 is 14.8 Å². The molecule has 0 aromatic heterocycles. The Hall–Kier alpha value is -1.89. The lowest BCUT2D eigenvalue weighted by Gasteiger charge is -2.22. The fourth-order valence-electron chi connectivity index (χ4n) is 3.06. The van der Waals surface area contributed by atoms with Crippen molar-refractivity contribution in [2.75, 3.05) is 26.5 Å². The Morgan fingerprint density at radius 1 is 1.39 bits per heavy atom. The quantitative estimate of drug-likeness (QED) is 0.888. The number of ether oxygens (including phenoxy) is 2. The number of methoxy groups -OCH3 is 2. The van der Waals surface area contributed by atoms with Gasteiger partial charge >= 0.3 is 0 Å². The maximum atomic E-state index is 12.9. The molecular formula is C16H20N2O4S. The van der Waals surface area contributed by atoms with E-state index in [1.807, 2.05) is 13.0 Å². The number of hydrogen-bond acceptors (Lipinski definition) is 5. The van der Waals surface area contributed by atoms with Crippen LogP contribution in [0.15, 0.2) is 12.1 Å². The first-order valence-corrected chi connectivity index (χ1v) is 8.65. The lowest BCUT2D eigenvalue weighted by molar-refractivity contribution is -0.124. The molecule has 1 fully saturated rings. The van der Waals surface area contributed by atoms with Gasteiger partial charge in [-0.3, -0.25) is 9.59 Å². The fraction of sp³-hybridized carbons (Fsp3) is 0.500. The molecule has 2 aliphatic rings. The van der Waals surface area contributed by atoms with Crippen LogP contribution in [-0.4, -0.2) is 49.3 Å². The molecule has 3 rings (SSSR count). The van der Waals surface area contributed by atoms with E-state index in [0.717, 1.165) is 12.0 Å². The molecule has 124 valence electrons. The molecule has 2 aliphatic heterocycles.